The molecule has 0 aliphatic carbocycles. The number of hydrogen-bond acceptors (Lipinski definition) is 6. The first kappa shape index (κ1) is 12.4. The van der Waals surface area contributed by atoms with E-state index in [0.717, 1.165) is 12.1 Å². The van der Waals surface area contributed by atoms with Crippen molar-refractivity contribution < 1.29 is 19.7 Å². The summed E-state index contributed by atoms with van der Waals surface area (Å²) in [6.45, 7) is 0. The quantitative estimate of drug-likeness (QED) is 0.439. The van der Waals surface area contributed by atoms with Gasteiger partial charge in [0.2, 0.25) is 0 Å². The number of carboxylic acids is 1. The van der Waals surface area contributed by atoms with Gasteiger partial charge in [0.25, 0.3) is 5.69 Å². The summed E-state index contributed by atoms with van der Waals surface area (Å²) in [4.78, 5) is 29.6. The van der Waals surface area contributed by atoms with Crippen molar-refractivity contribution in [1.29, 1.82) is 0 Å². The third kappa shape index (κ3) is 3.12. The highest BCUT2D eigenvalue weighted by molar-refractivity contribution is 5.75. The second kappa shape index (κ2) is 4.88. The topological polar surface area (TPSA) is 136 Å². The van der Waals surface area contributed by atoms with Crippen LogP contribution in [0.25, 0.3) is 0 Å². The van der Waals surface area contributed by atoms with Crippen LogP contribution < -0.4 is 5.32 Å². The number of aliphatic carboxylic acids is 1. The van der Waals surface area contributed by atoms with E-state index in [1.54, 1.807) is 0 Å². The number of nitrogens with one attached hydrogen (secondary N) is 1. The van der Waals surface area contributed by atoms with Gasteiger partial charge >= 0.3 is 12.1 Å². The van der Waals surface area contributed by atoms with E-state index >= 15 is 0 Å². The van der Waals surface area contributed by atoms with Gasteiger partial charge < -0.3 is 10.4 Å². The Morgan fingerprint density at radius 3 is 2.12 bits per heavy atom. The van der Waals surface area contributed by atoms with Crippen molar-refractivity contribution in [3.05, 3.63) is 44.5 Å². The second-order valence-electron chi connectivity index (χ2n) is 2.97. The summed E-state index contributed by atoms with van der Waals surface area (Å²) in [7, 11) is 0. The third-order valence-corrected chi connectivity index (χ3v) is 1.83. The molecule has 9 heteroatoms. The second-order valence-corrected chi connectivity index (χ2v) is 2.97. The molecule has 0 radical (unpaired) electrons. The Balaban J connectivity index is 2.84. The average Bonchev–Trinajstić information content (AvgIpc) is 2.25. The smallest absolute Gasteiger partial charge is 0.401 e. The Bertz CT molecular complexity index is 443. The molecule has 1 aromatic carbocycles. The maximum atomic E-state index is 10.5. The van der Waals surface area contributed by atoms with Gasteiger partial charge in [-0.05, 0) is 12.1 Å². The van der Waals surface area contributed by atoms with Crippen molar-refractivity contribution in [1.82, 2.24) is 0 Å². The first-order valence-electron chi connectivity index (χ1n) is 4.29. The lowest BCUT2D eigenvalue weighted by molar-refractivity contribution is -0.502. The summed E-state index contributed by atoms with van der Waals surface area (Å²) < 4.78 is 0. The maximum Gasteiger partial charge on any atom is 0.401 e. The minimum absolute atomic E-state index is 0.111. The molecule has 0 saturated heterocycles. The van der Waals surface area contributed by atoms with Crippen LogP contribution in [0.2, 0.25) is 0 Å². The Labute approximate surface area is 94.0 Å². The SMILES string of the molecule is O=C(O)C(Nc1ccc([N+](=O)[O-])cc1)[N+](=O)[O-]. The Kier molecular flexibility index (Phi) is 3.55. The molecule has 0 heterocycles. The lowest BCUT2D eigenvalue weighted by Gasteiger charge is -2.07. The first-order valence-corrected chi connectivity index (χ1v) is 4.29. The number of anilines is 1. The Morgan fingerprint density at radius 2 is 1.76 bits per heavy atom. The van der Waals surface area contributed by atoms with Crippen molar-refractivity contribution in [3.8, 4) is 0 Å². The lowest BCUT2D eigenvalue weighted by atomic mass is 10.3. The van der Waals surface area contributed by atoms with E-state index < -0.39 is 22.0 Å². The van der Waals surface area contributed by atoms with Crippen LogP contribution in [0.4, 0.5) is 11.4 Å². The van der Waals surface area contributed by atoms with E-state index in [4.69, 9.17) is 5.11 Å². The van der Waals surface area contributed by atoms with Crippen LogP contribution in [0.15, 0.2) is 24.3 Å². The highest BCUT2D eigenvalue weighted by Crippen LogP contribution is 2.16. The minimum atomic E-state index is -1.99. The molecule has 0 bridgehead atoms. The lowest BCUT2D eigenvalue weighted by Crippen LogP contribution is -2.36. The van der Waals surface area contributed by atoms with Crippen LogP contribution in [-0.2, 0) is 4.79 Å². The molecule has 0 fully saturated rings. The van der Waals surface area contributed by atoms with E-state index in [1.165, 1.54) is 12.1 Å². The zero-order valence-corrected chi connectivity index (χ0v) is 8.27. The number of nitro benzene ring substituents is 1. The van der Waals surface area contributed by atoms with Gasteiger partial charge in [-0.25, -0.2) is 4.79 Å². The van der Waals surface area contributed by atoms with Crippen molar-refractivity contribution in [2.24, 2.45) is 0 Å². The van der Waals surface area contributed by atoms with Gasteiger partial charge in [-0.1, -0.05) is 0 Å². The van der Waals surface area contributed by atoms with Gasteiger partial charge in [0.15, 0.2) is 0 Å². The molecule has 2 N–H and O–H groups in total. The van der Waals surface area contributed by atoms with Crippen molar-refractivity contribution in [2.45, 2.75) is 6.17 Å². The number of nitrogens with zero attached hydrogens (tertiary/aromatic N) is 2. The van der Waals surface area contributed by atoms with E-state index in [9.17, 15) is 25.0 Å². The van der Waals surface area contributed by atoms with Gasteiger partial charge in [0.1, 0.15) is 0 Å². The molecular formula is C8H7N3O6. The molecule has 0 aliphatic rings. The molecule has 0 aliphatic heterocycles. The molecular weight excluding hydrogens is 234 g/mol. The summed E-state index contributed by atoms with van der Waals surface area (Å²) in [5.41, 5.74) is -0.0803. The molecule has 17 heavy (non-hydrogen) atoms. The van der Waals surface area contributed by atoms with Gasteiger partial charge in [-0.15, -0.1) is 0 Å². The highest BCUT2D eigenvalue weighted by Gasteiger charge is 2.28. The van der Waals surface area contributed by atoms with E-state index in [2.05, 4.69) is 5.32 Å². The molecule has 9 nitrogen and oxygen atoms in total. The summed E-state index contributed by atoms with van der Waals surface area (Å²) in [5.74, 6) is -1.65. The Hall–Kier alpha value is -2.71. The Morgan fingerprint density at radius 1 is 1.24 bits per heavy atom. The number of carboxylic acid groups (broad SMARTS) is 1. The van der Waals surface area contributed by atoms with Gasteiger partial charge in [-0.3, -0.25) is 20.2 Å². The number of carbonyl (C=O) groups is 1. The average molecular weight is 241 g/mol. The maximum absolute atomic E-state index is 10.5. The van der Waals surface area contributed by atoms with Crippen molar-refractivity contribution >= 4 is 17.3 Å². The monoisotopic (exact) mass is 241 g/mol. The summed E-state index contributed by atoms with van der Waals surface area (Å²) in [6.07, 6.45) is -1.99. The molecule has 0 spiro atoms. The van der Waals surface area contributed by atoms with Crippen LogP contribution in [-0.4, -0.2) is 27.1 Å². The summed E-state index contributed by atoms with van der Waals surface area (Å²) >= 11 is 0. The summed E-state index contributed by atoms with van der Waals surface area (Å²) in [5, 5.41) is 31.4. The van der Waals surface area contributed by atoms with Crippen molar-refractivity contribution in [3.63, 3.8) is 0 Å². The number of hydrogen-bond donors (Lipinski definition) is 2. The fourth-order valence-corrected chi connectivity index (χ4v) is 1.04. The first-order chi connectivity index (χ1) is 7.91. The van der Waals surface area contributed by atoms with E-state index in [1.807, 2.05) is 0 Å². The molecule has 1 unspecified atom stereocenters. The largest absolute Gasteiger partial charge is 0.475 e. The van der Waals surface area contributed by atoms with Crippen LogP contribution in [0, 0.1) is 20.2 Å². The fourth-order valence-electron chi connectivity index (χ4n) is 1.04. The number of nitro groups is 2. The predicted molar refractivity (Wildman–Crippen MR) is 55.1 cm³/mol. The number of benzene rings is 1. The molecule has 1 atom stereocenters. The van der Waals surface area contributed by atoms with Crippen LogP contribution >= 0.6 is 0 Å². The number of rotatable bonds is 5. The van der Waals surface area contributed by atoms with Gasteiger partial charge in [-0.2, -0.15) is 0 Å². The zero-order chi connectivity index (χ0) is 13.0. The van der Waals surface area contributed by atoms with E-state index in [0.29, 0.717) is 0 Å². The normalized spacial score (nSPS) is 11.5. The van der Waals surface area contributed by atoms with Gasteiger partial charge in [0.05, 0.1) is 9.85 Å². The molecule has 0 aromatic heterocycles. The van der Waals surface area contributed by atoms with Crippen LogP contribution in [0.3, 0.4) is 0 Å². The zero-order valence-electron chi connectivity index (χ0n) is 8.27. The highest BCUT2D eigenvalue weighted by atomic mass is 16.6. The molecule has 1 rings (SSSR count). The molecule has 90 valence electrons. The summed E-state index contributed by atoms with van der Waals surface area (Å²) in [6, 6.07) is 4.61. The third-order valence-electron chi connectivity index (χ3n) is 1.83. The fraction of sp³-hybridized carbons (Fsp3) is 0.125. The predicted octanol–water partition coefficient (Wildman–Crippen LogP) is 0.694. The standard InChI is InChI=1S/C8H7N3O6/c12-8(13)7(11(16)17)9-5-1-3-6(4-2-5)10(14)15/h1-4,7,9H,(H,12,13). The number of non-ortho nitro benzene ring substituents is 1. The minimum Gasteiger partial charge on any atom is -0.475 e. The molecule has 0 saturated carbocycles. The molecule has 1 aromatic rings. The van der Waals surface area contributed by atoms with Gasteiger partial charge in [0, 0.05) is 17.8 Å². The van der Waals surface area contributed by atoms with Crippen LogP contribution in [0.1, 0.15) is 0 Å². The molecule has 0 amide bonds. The van der Waals surface area contributed by atoms with Crippen LogP contribution in [0.5, 0.6) is 0 Å². The van der Waals surface area contributed by atoms with E-state index in [-0.39, 0.29) is 11.4 Å². The van der Waals surface area contributed by atoms with Crippen molar-refractivity contribution in [2.75, 3.05) is 5.32 Å².